The molecule has 1 aromatic rings. The van der Waals surface area contributed by atoms with Gasteiger partial charge in [0.05, 0.1) is 11.7 Å². The lowest BCUT2D eigenvalue weighted by molar-refractivity contribution is -0.119. The highest BCUT2D eigenvalue weighted by atomic mass is 19.1. The van der Waals surface area contributed by atoms with Crippen molar-refractivity contribution in [2.45, 2.75) is 25.6 Å². The van der Waals surface area contributed by atoms with E-state index in [1.807, 2.05) is 0 Å². The van der Waals surface area contributed by atoms with Crippen LogP contribution in [0.3, 0.4) is 0 Å². The van der Waals surface area contributed by atoms with Gasteiger partial charge in [-0.2, -0.15) is 0 Å². The number of carboxylic acids is 1. The number of rotatable bonds is 6. The van der Waals surface area contributed by atoms with Crippen LogP contribution in [0, 0.1) is 5.82 Å². The molecule has 7 heteroatoms. The van der Waals surface area contributed by atoms with E-state index in [4.69, 9.17) is 5.11 Å². The third-order valence-electron chi connectivity index (χ3n) is 2.74. The fourth-order valence-corrected chi connectivity index (χ4v) is 1.67. The number of amides is 1. The first-order valence-electron chi connectivity index (χ1n) is 5.96. The molecule has 0 heterocycles. The summed E-state index contributed by atoms with van der Waals surface area (Å²) in [5.41, 5.74) is -0.477. The maximum Gasteiger partial charge on any atom is 0.338 e. The van der Waals surface area contributed by atoms with Gasteiger partial charge in [0.25, 0.3) is 0 Å². The number of benzene rings is 1. The van der Waals surface area contributed by atoms with Crippen LogP contribution >= 0.6 is 0 Å². The van der Waals surface area contributed by atoms with E-state index in [9.17, 15) is 24.2 Å². The first-order valence-corrected chi connectivity index (χ1v) is 5.96. The third kappa shape index (κ3) is 4.29. The summed E-state index contributed by atoms with van der Waals surface area (Å²) in [5, 5.41) is 30.9. The van der Waals surface area contributed by atoms with Crippen molar-refractivity contribution in [2.75, 3.05) is 6.54 Å². The molecule has 1 aromatic carbocycles. The Bertz CT molecular complexity index is 506. The zero-order valence-electron chi connectivity index (χ0n) is 10.8. The summed E-state index contributed by atoms with van der Waals surface area (Å²) in [7, 11) is 0. The highest BCUT2D eigenvalue weighted by molar-refractivity contribution is 5.88. The maximum absolute atomic E-state index is 13.2. The Hall–Kier alpha value is -1.99. The van der Waals surface area contributed by atoms with Gasteiger partial charge in [-0.15, -0.1) is 0 Å². The van der Waals surface area contributed by atoms with E-state index in [0.717, 1.165) is 12.1 Å². The van der Waals surface area contributed by atoms with E-state index >= 15 is 0 Å². The standard InChI is InChI=1S/C13H16FNO5/c1-7(16)15-5-4-11(17)12(18)8-2-3-10(14)9(6-8)13(19)20/h2-3,6,11-12,17-18H,4-5H2,1H3,(H,15,16)(H,19,20). The summed E-state index contributed by atoms with van der Waals surface area (Å²) in [6.45, 7) is 1.49. The number of hydrogen-bond acceptors (Lipinski definition) is 4. The van der Waals surface area contributed by atoms with Crippen LogP contribution in [0.15, 0.2) is 18.2 Å². The zero-order chi connectivity index (χ0) is 15.3. The number of aliphatic hydroxyl groups excluding tert-OH is 2. The van der Waals surface area contributed by atoms with Crippen LogP contribution in [0.5, 0.6) is 0 Å². The average molecular weight is 285 g/mol. The van der Waals surface area contributed by atoms with E-state index in [-0.39, 0.29) is 24.4 Å². The molecule has 0 bridgehead atoms. The van der Waals surface area contributed by atoms with Crippen LogP contribution in [0.25, 0.3) is 0 Å². The minimum absolute atomic E-state index is 0.0839. The molecule has 0 fully saturated rings. The molecule has 0 radical (unpaired) electrons. The number of carbonyl (C=O) groups excluding carboxylic acids is 1. The van der Waals surface area contributed by atoms with Gasteiger partial charge < -0.3 is 20.6 Å². The third-order valence-corrected chi connectivity index (χ3v) is 2.74. The van der Waals surface area contributed by atoms with Gasteiger partial charge in [0.15, 0.2) is 0 Å². The normalized spacial score (nSPS) is 13.6. The van der Waals surface area contributed by atoms with Crippen LogP contribution in [-0.4, -0.2) is 39.8 Å². The molecular weight excluding hydrogens is 269 g/mol. The zero-order valence-corrected chi connectivity index (χ0v) is 10.8. The van der Waals surface area contributed by atoms with Crippen molar-refractivity contribution in [3.05, 3.63) is 35.1 Å². The first-order chi connectivity index (χ1) is 9.32. The van der Waals surface area contributed by atoms with Gasteiger partial charge in [0.2, 0.25) is 5.91 Å². The minimum atomic E-state index is -1.45. The van der Waals surface area contributed by atoms with Gasteiger partial charge in [-0.1, -0.05) is 6.07 Å². The Labute approximate surface area is 114 Å². The number of carboxylic acid groups (broad SMARTS) is 1. The summed E-state index contributed by atoms with van der Waals surface area (Å²) in [6, 6.07) is 3.10. The van der Waals surface area contributed by atoms with Crippen LogP contribution in [0.2, 0.25) is 0 Å². The van der Waals surface area contributed by atoms with E-state index < -0.39 is 29.6 Å². The fraction of sp³-hybridized carbons (Fsp3) is 0.385. The lowest BCUT2D eigenvalue weighted by Gasteiger charge is -2.18. The number of nitrogens with one attached hydrogen (secondary N) is 1. The molecule has 6 nitrogen and oxygen atoms in total. The molecule has 0 aliphatic heterocycles. The molecule has 20 heavy (non-hydrogen) atoms. The Morgan fingerprint density at radius 2 is 2.00 bits per heavy atom. The molecule has 1 amide bonds. The molecule has 0 spiro atoms. The van der Waals surface area contributed by atoms with Crippen LogP contribution in [-0.2, 0) is 4.79 Å². The van der Waals surface area contributed by atoms with Crippen molar-refractivity contribution >= 4 is 11.9 Å². The van der Waals surface area contributed by atoms with E-state index in [1.54, 1.807) is 0 Å². The maximum atomic E-state index is 13.2. The Kier molecular flexibility index (Phi) is 5.60. The summed E-state index contributed by atoms with van der Waals surface area (Å²) >= 11 is 0. The smallest absolute Gasteiger partial charge is 0.338 e. The highest BCUT2D eigenvalue weighted by Crippen LogP contribution is 2.21. The van der Waals surface area contributed by atoms with Crippen molar-refractivity contribution in [1.82, 2.24) is 5.32 Å². The molecule has 0 saturated heterocycles. The average Bonchev–Trinajstić information content (AvgIpc) is 2.37. The van der Waals surface area contributed by atoms with Gasteiger partial charge >= 0.3 is 5.97 Å². The second kappa shape index (κ2) is 6.97. The first kappa shape index (κ1) is 16.1. The Morgan fingerprint density at radius 3 is 2.55 bits per heavy atom. The second-order valence-corrected chi connectivity index (χ2v) is 4.33. The van der Waals surface area contributed by atoms with Gasteiger partial charge in [-0.25, -0.2) is 9.18 Å². The van der Waals surface area contributed by atoms with Crippen molar-refractivity contribution < 1.29 is 29.3 Å². The van der Waals surface area contributed by atoms with Crippen molar-refractivity contribution in [2.24, 2.45) is 0 Å². The molecule has 0 aromatic heterocycles. The van der Waals surface area contributed by atoms with Gasteiger partial charge in [0, 0.05) is 13.5 Å². The number of aromatic carboxylic acids is 1. The molecule has 2 atom stereocenters. The topological polar surface area (TPSA) is 107 Å². The Morgan fingerprint density at radius 1 is 1.35 bits per heavy atom. The summed E-state index contributed by atoms with van der Waals surface area (Å²) in [4.78, 5) is 21.4. The van der Waals surface area contributed by atoms with Crippen molar-refractivity contribution in [3.63, 3.8) is 0 Å². The van der Waals surface area contributed by atoms with Gasteiger partial charge in [-0.3, -0.25) is 4.79 Å². The Balaban J connectivity index is 2.76. The highest BCUT2D eigenvalue weighted by Gasteiger charge is 2.21. The fourth-order valence-electron chi connectivity index (χ4n) is 1.67. The molecule has 1 rings (SSSR count). The summed E-state index contributed by atoms with van der Waals surface area (Å²) < 4.78 is 13.2. The largest absolute Gasteiger partial charge is 0.478 e. The second-order valence-electron chi connectivity index (χ2n) is 4.33. The molecular formula is C13H16FNO5. The summed E-state index contributed by atoms with van der Waals surface area (Å²) in [6.07, 6.45) is -2.48. The monoisotopic (exact) mass is 285 g/mol. The van der Waals surface area contributed by atoms with Crippen LogP contribution in [0.1, 0.15) is 35.4 Å². The van der Waals surface area contributed by atoms with Crippen LogP contribution in [0.4, 0.5) is 4.39 Å². The van der Waals surface area contributed by atoms with Gasteiger partial charge in [-0.05, 0) is 24.1 Å². The SMILES string of the molecule is CC(=O)NCCC(O)C(O)c1ccc(F)c(C(=O)O)c1. The van der Waals surface area contributed by atoms with E-state index in [0.29, 0.717) is 0 Å². The number of aliphatic hydroxyl groups is 2. The molecule has 110 valence electrons. The lowest BCUT2D eigenvalue weighted by Crippen LogP contribution is -2.27. The molecule has 0 saturated carbocycles. The molecule has 2 unspecified atom stereocenters. The summed E-state index contributed by atoms with van der Waals surface area (Å²) in [5.74, 6) is -2.63. The molecule has 0 aliphatic carbocycles. The number of hydrogen-bond donors (Lipinski definition) is 4. The van der Waals surface area contributed by atoms with Crippen molar-refractivity contribution in [3.8, 4) is 0 Å². The lowest BCUT2D eigenvalue weighted by atomic mass is 10.00. The van der Waals surface area contributed by atoms with E-state index in [1.165, 1.54) is 13.0 Å². The quantitative estimate of drug-likeness (QED) is 0.607. The number of halogens is 1. The molecule has 0 aliphatic rings. The number of carbonyl (C=O) groups is 2. The minimum Gasteiger partial charge on any atom is -0.478 e. The van der Waals surface area contributed by atoms with E-state index in [2.05, 4.69) is 5.32 Å². The van der Waals surface area contributed by atoms with Gasteiger partial charge in [0.1, 0.15) is 11.9 Å². The van der Waals surface area contributed by atoms with Crippen LogP contribution < -0.4 is 5.32 Å². The van der Waals surface area contributed by atoms with Crippen molar-refractivity contribution in [1.29, 1.82) is 0 Å². The predicted octanol–water partition coefficient (Wildman–Crippen LogP) is 0.444. The predicted molar refractivity (Wildman–Crippen MR) is 67.6 cm³/mol. The molecule has 4 N–H and O–H groups in total.